The van der Waals surface area contributed by atoms with E-state index in [0.29, 0.717) is 0 Å². The SMILES string of the molecule is O=C(N/N=C\c1ccc(-c2ccc(Cl)cc2[N+](=O)[O-])o1)C(=O)NC1CC1. The molecule has 0 saturated heterocycles. The molecule has 26 heavy (non-hydrogen) atoms. The molecule has 3 rings (SSSR count). The van der Waals surface area contributed by atoms with E-state index in [1.54, 1.807) is 0 Å². The zero-order valence-corrected chi connectivity index (χ0v) is 14.0. The van der Waals surface area contributed by atoms with Gasteiger partial charge in [-0.1, -0.05) is 11.6 Å². The van der Waals surface area contributed by atoms with Crippen LogP contribution in [-0.4, -0.2) is 29.0 Å². The quantitative estimate of drug-likeness (QED) is 0.358. The van der Waals surface area contributed by atoms with Crippen molar-refractivity contribution < 1.29 is 18.9 Å². The summed E-state index contributed by atoms with van der Waals surface area (Å²) in [5.41, 5.74) is 2.15. The molecule has 0 aliphatic heterocycles. The lowest BCUT2D eigenvalue weighted by Crippen LogP contribution is -2.38. The molecule has 9 nitrogen and oxygen atoms in total. The lowest BCUT2D eigenvalue weighted by molar-refractivity contribution is -0.384. The molecule has 0 radical (unpaired) electrons. The second-order valence-corrected chi connectivity index (χ2v) is 6.00. The van der Waals surface area contributed by atoms with E-state index in [2.05, 4.69) is 15.8 Å². The van der Waals surface area contributed by atoms with Gasteiger partial charge in [0.1, 0.15) is 11.5 Å². The number of nitro groups is 1. The molecule has 1 fully saturated rings. The van der Waals surface area contributed by atoms with Crippen LogP contribution in [0.5, 0.6) is 0 Å². The largest absolute Gasteiger partial charge is 0.455 e. The Labute approximate surface area is 152 Å². The number of carbonyl (C=O) groups excluding carboxylic acids is 2. The lowest BCUT2D eigenvalue weighted by Gasteiger charge is -2.00. The average molecular weight is 377 g/mol. The third-order valence-corrected chi connectivity index (χ3v) is 3.76. The van der Waals surface area contributed by atoms with Crippen LogP contribution in [-0.2, 0) is 9.59 Å². The highest BCUT2D eigenvalue weighted by molar-refractivity contribution is 6.35. The zero-order chi connectivity index (χ0) is 18.7. The van der Waals surface area contributed by atoms with Crippen LogP contribution in [0.3, 0.4) is 0 Å². The van der Waals surface area contributed by atoms with E-state index in [1.165, 1.54) is 36.5 Å². The first-order valence-corrected chi connectivity index (χ1v) is 8.00. The van der Waals surface area contributed by atoms with Gasteiger partial charge in [-0.05, 0) is 37.1 Å². The van der Waals surface area contributed by atoms with Crippen LogP contribution in [0.2, 0.25) is 5.02 Å². The fraction of sp³-hybridized carbons (Fsp3) is 0.188. The number of hydrogen-bond acceptors (Lipinski definition) is 6. The highest BCUT2D eigenvalue weighted by Gasteiger charge is 2.26. The van der Waals surface area contributed by atoms with Crippen molar-refractivity contribution in [1.29, 1.82) is 0 Å². The number of hydrazone groups is 1. The molecule has 1 aliphatic carbocycles. The smallest absolute Gasteiger partial charge is 0.329 e. The van der Waals surface area contributed by atoms with E-state index < -0.39 is 16.7 Å². The summed E-state index contributed by atoms with van der Waals surface area (Å²) in [6.45, 7) is 0. The molecular weight excluding hydrogens is 364 g/mol. The molecule has 1 aromatic heterocycles. The van der Waals surface area contributed by atoms with Gasteiger partial charge in [-0.15, -0.1) is 0 Å². The molecule has 1 heterocycles. The van der Waals surface area contributed by atoms with Gasteiger partial charge >= 0.3 is 11.8 Å². The first kappa shape index (κ1) is 17.6. The molecule has 134 valence electrons. The minimum absolute atomic E-state index is 0.0695. The Kier molecular flexibility index (Phi) is 4.99. The van der Waals surface area contributed by atoms with Crippen LogP contribution in [0.25, 0.3) is 11.3 Å². The molecule has 10 heteroatoms. The minimum Gasteiger partial charge on any atom is -0.455 e. The van der Waals surface area contributed by atoms with Gasteiger partial charge in [0.25, 0.3) is 5.69 Å². The van der Waals surface area contributed by atoms with E-state index >= 15 is 0 Å². The van der Waals surface area contributed by atoms with Gasteiger partial charge in [-0.2, -0.15) is 5.10 Å². The van der Waals surface area contributed by atoms with Crippen molar-refractivity contribution in [2.75, 3.05) is 0 Å². The Morgan fingerprint density at radius 3 is 2.73 bits per heavy atom. The molecule has 0 unspecified atom stereocenters. The number of nitro benzene ring substituents is 1. The van der Waals surface area contributed by atoms with E-state index in [9.17, 15) is 19.7 Å². The summed E-state index contributed by atoms with van der Waals surface area (Å²) in [6.07, 6.45) is 2.93. The number of hydrogen-bond donors (Lipinski definition) is 2. The van der Waals surface area contributed by atoms with Crippen LogP contribution >= 0.6 is 11.6 Å². The van der Waals surface area contributed by atoms with Crippen LogP contribution < -0.4 is 10.7 Å². The summed E-state index contributed by atoms with van der Waals surface area (Å²) in [4.78, 5) is 33.6. The fourth-order valence-electron chi connectivity index (χ4n) is 2.12. The van der Waals surface area contributed by atoms with Gasteiger partial charge in [0.2, 0.25) is 0 Å². The summed E-state index contributed by atoms with van der Waals surface area (Å²) >= 11 is 5.78. The van der Waals surface area contributed by atoms with Gasteiger partial charge in [-0.25, -0.2) is 5.43 Å². The summed E-state index contributed by atoms with van der Waals surface area (Å²) in [7, 11) is 0. The van der Waals surface area contributed by atoms with Crippen molar-refractivity contribution >= 4 is 35.3 Å². The molecule has 0 atom stereocenters. The number of halogens is 1. The maximum absolute atomic E-state index is 11.5. The molecular formula is C16H13ClN4O5. The van der Waals surface area contributed by atoms with Crippen LogP contribution in [0, 0.1) is 10.1 Å². The minimum atomic E-state index is -0.881. The molecule has 2 amide bonds. The topological polar surface area (TPSA) is 127 Å². The van der Waals surface area contributed by atoms with E-state index in [4.69, 9.17) is 16.0 Å². The van der Waals surface area contributed by atoms with E-state index in [1.807, 2.05) is 0 Å². The van der Waals surface area contributed by atoms with Crippen molar-refractivity contribution in [1.82, 2.24) is 10.7 Å². The number of furan rings is 1. The number of carbonyl (C=O) groups is 2. The maximum atomic E-state index is 11.5. The van der Waals surface area contributed by atoms with Gasteiger partial charge in [0.15, 0.2) is 0 Å². The van der Waals surface area contributed by atoms with Gasteiger partial charge in [0, 0.05) is 17.1 Å². The predicted molar refractivity (Wildman–Crippen MR) is 92.7 cm³/mol. The molecule has 1 saturated carbocycles. The highest BCUT2D eigenvalue weighted by atomic mass is 35.5. The molecule has 0 bridgehead atoms. The number of benzene rings is 1. The lowest BCUT2D eigenvalue weighted by atomic mass is 10.1. The van der Waals surface area contributed by atoms with Gasteiger partial charge < -0.3 is 9.73 Å². The van der Waals surface area contributed by atoms with E-state index in [0.717, 1.165) is 12.8 Å². The maximum Gasteiger partial charge on any atom is 0.329 e. The van der Waals surface area contributed by atoms with Crippen molar-refractivity contribution in [3.63, 3.8) is 0 Å². The van der Waals surface area contributed by atoms with Gasteiger partial charge in [-0.3, -0.25) is 19.7 Å². The summed E-state index contributed by atoms with van der Waals surface area (Å²) < 4.78 is 5.47. The van der Waals surface area contributed by atoms with Crippen LogP contribution in [0.1, 0.15) is 18.6 Å². The fourth-order valence-corrected chi connectivity index (χ4v) is 2.28. The molecule has 1 aliphatic rings. The summed E-state index contributed by atoms with van der Waals surface area (Å²) in [5, 5.41) is 17.5. The third-order valence-electron chi connectivity index (χ3n) is 3.53. The molecule has 1 aromatic carbocycles. The molecule has 0 spiro atoms. The highest BCUT2D eigenvalue weighted by Crippen LogP contribution is 2.33. The van der Waals surface area contributed by atoms with Crippen molar-refractivity contribution in [2.24, 2.45) is 5.10 Å². The first-order valence-electron chi connectivity index (χ1n) is 7.62. The Morgan fingerprint density at radius 1 is 1.27 bits per heavy atom. The van der Waals surface area contributed by atoms with Gasteiger partial charge in [0.05, 0.1) is 16.7 Å². The van der Waals surface area contributed by atoms with Crippen molar-refractivity contribution in [3.05, 3.63) is 51.2 Å². The second-order valence-electron chi connectivity index (χ2n) is 5.57. The van der Waals surface area contributed by atoms with Crippen LogP contribution in [0.4, 0.5) is 5.69 Å². The molecule has 2 aromatic rings. The number of amides is 2. The van der Waals surface area contributed by atoms with Crippen molar-refractivity contribution in [3.8, 4) is 11.3 Å². The summed E-state index contributed by atoms with van der Waals surface area (Å²) in [6, 6.07) is 7.34. The zero-order valence-electron chi connectivity index (χ0n) is 13.3. The number of nitrogens with one attached hydrogen (secondary N) is 2. The number of nitrogens with zero attached hydrogens (tertiary/aromatic N) is 2. The Balaban J connectivity index is 1.67. The normalized spacial score (nSPS) is 13.6. The second kappa shape index (κ2) is 7.36. The van der Waals surface area contributed by atoms with Crippen molar-refractivity contribution in [2.45, 2.75) is 18.9 Å². The Bertz CT molecular complexity index is 904. The first-order chi connectivity index (χ1) is 12.4. The summed E-state index contributed by atoms with van der Waals surface area (Å²) in [5.74, 6) is -1.14. The standard InChI is InChI=1S/C16H13ClN4O5/c17-9-1-5-12(13(7-9)21(24)25)14-6-4-11(26-14)8-18-20-16(23)15(22)19-10-2-3-10/h1,4-8,10H,2-3H2,(H,19,22)(H,20,23)/b18-8-. The predicted octanol–water partition coefficient (Wildman–Crippen LogP) is 2.24. The molecule has 2 N–H and O–H groups in total. The van der Waals surface area contributed by atoms with E-state index in [-0.39, 0.29) is 33.8 Å². The number of rotatable bonds is 5. The Morgan fingerprint density at radius 2 is 2.04 bits per heavy atom. The van der Waals surface area contributed by atoms with Crippen LogP contribution in [0.15, 0.2) is 39.9 Å². The monoisotopic (exact) mass is 376 g/mol. The average Bonchev–Trinajstić information content (AvgIpc) is 3.29. The Hall–Kier alpha value is -3.20. The third kappa shape index (κ3) is 4.25.